The number of aromatic amines is 1. The summed E-state index contributed by atoms with van der Waals surface area (Å²) in [5.41, 5.74) is -1.31. The van der Waals surface area contributed by atoms with Crippen LogP contribution in [0.1, 0.15) is 29.9 Å². The number of aromatic nitrogens is 2. The molecule has 1 amide bonds. The van der Waals surface area contributed by atoms with Gasteiger partial charge in [-0.25, -0.2) is 0 Å². The van der Waals surface area contributed by atoms with Crippen molar-refractivity contribution in [2.45, 2.75) is 37.9 Å². The van der Waals surface area contributed by atoms with Crippen LogP contribution in [0.15, 0.2) is 41.1 Å². The number of rotatable bonds is 3. The van der Waals surface area contributed by atoms with Gasteiger partial charge in [0.1, 0.15) is 5.76 Å². The van der Waals surface area contributed by atoms with E-state index in [2.05, 4.69) is 10.1 Å². The van der Waals surface area contributed by atoms with Crippen molar-refractivity contribution in [3.05, 3.63) is 53.5 Å². The van der Waals surface area contributed by atoms with Crippen LogP contribution < -0.4 is 0 Å². The molecule has 0 bridgehead atoms. The molecule has 1 aliphatic rings. The van der Waals surface area contributed by atoms with E-state index in [1.54, 1.807) is 37.3 Å². The molecule has 3 aromatic rings. The summed E-state index contributed by atoms with van der Waals surface area (Å²) in [5.74, 6) is -0.0960. The number of alkyl halides is 3. The summed E-state index contributed by atoms with van der Waals surface area (Å²) in [6, 6.07) is 8.39. The predicted molar refractivity (Wildman–Crippen MR) is 91.9 cm³/mol. The number of aryl methyl sites for hydroxylation is 1. The molecule has 0 spiro atoms. The molecule has 1 aliphatic heterocycles. The topological polar surface area (TPSA) is 62.1 Å². The van der Waals surface area contributed by atoms with Crippen molar-refractivity contribution in [3.63, 3.8) is 0 Å². The minimum absolute atomic E-state index is 0.0503. The summed E-state index contributed by atoms with van der Waals surface area (Å²) in [6.45, 7) is 1.72. The Bertz CT molecular complexity index is 991. The maximum Gasteiger partial charge on any atom is 0.416 e. The van der Waals surface area contributed by atoms with Crippen molar-refractivity contribution in [1.29, 1.82) is 0 Å². The Morgan fingerprint density at radius 2 is 2.15 bits per heavy atom. The van der Waals surface area contributed by atoms with Crippen LogP contribution in [0.5, 0.6) is 0 Å². The van der Waals surface area contributed by atoms with Crippen molar-refractivity contribution in [3.8, 4) is 0 Å². The van der Waals surface area contributed by atoms with Crippen molar-refractivity contribution in [1.82, 2.24) is 15.0 Å². The molecule has 5 nitrogen and oxygen atoms in total. The van der Waals surface area contributed by atoms with Gasteiger partial charge in [-0.3, -0.25) is 4.79 Å². The van der Waals surface area contributed by atoms with Crippen LogP contribution >= 0.6 is 0 Å². The lowest BCUT2D eigenvalue weighted by molar-refractivity contribution is -0.228. The second-order valence-electron chi connectivity index (χ2n) is 6.86. The zero-order chi connectivity index (χ0) is 19.2. The number of hydrogen-bond acceptors (Lipinski definition) is 3. The van der Waals surface area contributed by atoms with E-state index in [1.807, 2.05) is 0 Å². The molecule has 142 valence electrons. The van der Waals surface area contributed by atoms with Gasteiger partial charge < -0.3 is 14.4 Å². The number of amides is 1. The van der Waals surface area contributed by atoms with Gasteiger partial charge in [-0.15, -0.1) is 0 Å². The summed E-state index contributed by atoms with van der Waals surface area (Å²) >= 11 is 0. The number of nitrogens with one attached hydrogen (secondary N) is 1. The van der Waals surface area contributed by atoms with Crippen LogP contribution in [0, 0.1) is 6.92 Å². The number of hydrogen-bond donors (Lipinski definition) is 1. The Labute approximate surface area is 153 Å². The van der Waals surface area contributed by atoms with Crippen LogP contribution in [0.3, 0.4) is 0 Å². The van der Waals surface area contributed by atoms with E-state index in [0.29, 0.717) is 22.4 Å². The maximum absolute atomic E-state index is 14.4. The molecular formula is C19H18F3N3O2. The second kappa shape index (κ2) is 6.14. The number of carbonyl (C=O) groups excluding carboxylic acids is 1. The van der Waals surface area contributed by atoms with E-state index < -0.39 is 17.6 Å². The van der Waals surface area contributed by atoms with E-state index in [9.17, 15) is 18.0 Å². The van der Waals surface area contributed by atoms with E-state index >= 15 is 0 Å². The third-order valence-electron chi connectivity index (χ3n) is 5.20. The maximum atomic E-state index is 14.4. The SMILES string of the molecule is Cc1cc(CC(=O)N2CCCC2(c2c[nH]c3ccccc23)C(F)(F)F)no1. The lowest BCUT2D eigenvalue weighted by Crippen LogP contribution is -2.55. The van der Waals surface area contributed by atoms with Crippen molar-refractivity contribution >= 4 is 16.8 Å². The van der Waals surface area contributed by atoms with E-state index in [1.165, 1.54) is 6.20 Å². The smallest absolute Gasteiger partial charge is 0.361 e. The molecule has 1 aromatic carbocycles. The molecule has 8 heteroatoms. The highest BCUT2D eigenvalue weighted by molar-refractivity contribution is 5.86. The fourth-order valence-electron chi connectivity index (χ4n) is 4.05. The molecule has 1 fully saturated rings. The van der Waals surface area contributed by atoms with Crippen LogP contribution in [0.4, 0.5) is 13.2 Å². The quantitative estimate of drug-likeness (QED) is 0.748. The number of nitrogens with zero attached hydrogens (tertiary/aromatic N) is 2. The molecule has 0 radical (unpaired) electrons. The first kappa shape index (κ1) is 17.6. The molecule has 0 saturated carbocycles. The number of H-pyrrole nitrogens is 1. The largest absolute Gasteiger partial charge is 0.416 e. The molecule has 0 aliphatic carbocycles. The molecule has 27 heavy (non-hydrogen) atoms. The molecular weight excluding hydrogens is 359 g/mol. The van der Waals surface area contributed by atoms with Crippen molar-refractivity contribution < 1.29 is 22.5 Å². The van der Waals surface area contributed by atoms with Gasteiger partial charge in [0, 0.05) is 35.3 Å². The fraction of sp³-hybridized carbons (Fsp3) is 0.368. The van der Waals surface area contributed by atoms with E-state index in [-0.39, 0.29) is 31.4 Å². The number of likely N-dealkylation sites (tertiary alicyclic amines) is 1. The lowest BCUT2D eigenvalue weighted by Gasteiger charge is -2.40. The van der Waals surface area contributed by atoms with Crippen molar-refractivity contribution in [2.24, 2.45) is 0 Å². The molecule has 2 aromatic heterocycles. The number of halogens is 3. The monoisotopic (exact) mass is 377 g/mol. The molecule has 4 rings (SSSR count). The zero-order valence-electron chi connectivity index (χ0n) is 14.6. The Morgan fingerprint density at radius 3 is 2.85 bits per heavy atom. The van der Waals surface area contributed by atoms with E-state index in [0.717, 1.165) is 4.90 Å². The number of fused-ring (bicyclic) bond motifs is 1. The van der Waals surface area contributed by atoms with Gasteiger partial charge in [-0.1, -0.05) is 23.4 Å². The van der Waals surface area contributed by atoms with E-state index in [4.69, 9.17) is 4.52 Å². The summed E-state index contributed by atoms with van der Waals surface area (Å²) in [5, 5.41) is 4.22. The highest BCUT2D eigenvalue weighted by Gasteiger charge is 2.63. The molecule has 1 saturated heterocycles. The highest BCUT2D eigenvalue weighted by atomic mass is 19.4. The first-order valence-electron chi connectivity index (χ1n) is 8.69. The third kappa shape index (κ3) is 2.70. The number of para-hydroxylation sites is 1. The van der Waals surface area contributed by atoms with Crippen LogP contribution in [-0.4, -0.2) is 33.7 Å². The first-order valence-corrected chi connectivity index (χ1v) is 8.69. The Morgan fingerprint density at radius 1 is 1.37 bits per heavy atom. The minimum Gasteiger partial charge on any atom is -0.361 e. The Balaban J connectivity index is 1.80. The normalized spacial score (nSPS) is 20.5. The van der Waals surface area contributed by atoms with Gasteiger partial charge in [-0.05, 0) is 25.8 Å². The first-order chi connectivity index (χ1) is 12.8. The lowest BCUT2D eigenvalue weighted by atomic mass is 9.85. The van der Waals surface area contributed by atoms with Gasteiger partial charge >= 0.3 is 6.18 Å². The molecule has 1 unspecified atom stereocenters. The Kier molecular flexibility index (Phi) is 4.01. The number of benzene rings is 1. The van der Waals surface area contributed by atoms with Crippen LogP contribution in [0.25, 0.3) is 10.9 Å². The third-order valence-corrected chi connectivity index (χ3v) is 5.20. The molecule has 1 N–H and O–H groups in total. The average Bonchev–Trinajstić information content (AvgIpc) is 3.31. The highest BCUT2D eigenvalue weighted by Crippen LogP contribution is 2.52. The average molecular weight is 377 g/mol. The van der Waals surface area contributed by atoms with Gasteiger partial charge in [-0.2, -0.15) is 13.2 Å². The summed E-state index contributed by atoms with van der Waals surface area (Å²) in [4.78, 5) is 16.7. The van der Waals surface area contributed by atoms with Crippen LogP contribution in [-0.2, 0) is 16.8 Å². The molecule has 1 atom stereocenters. The standard InChI is InChI=1S/C19H18F3N3O2/c1-12-9-13(24-27-12)10-17(26)25-8-4-7-18(25,19(20,21)22)15-11-23-16-6-3-2-5-14(15)16/h2-3,5-6,9,11,23H,4,7-8,10H2,1H3. The Hall–Kier alpha value is -2.77. The second-order valence-corrected chi connectivity index (χ2v) is 6.86. The van der Waals surface area contributed by atoms with Gasteiger partial charge in [0.2, 0.25) is 5.91 Å². The van der Waals surface area contributed by atoms with Crippen LogP contribution in [0.2, 0.25) is 0 Å². The predicted octanol–water partition coefficient (Wildman–Crippen LogP) is 4.09. The zero-order valence-corrected chi connectivity index (χ0v) is 14.6. The summed E-state index contributed by atoms with van der Waals surface area (Å²) < 4.78 is 48.2. The van der Waals surface area contributed by atoms with Gasteiger partial charge in [0.25, 0.3) is 0 Å². The fourth-order valence-corrected chi connectivity index (χ4v) is 4.05. The summed E-state index contributed by atoms with van der Waals surface area (Å²) in [6.07, 6.45) is -3.34. The minimum atomic E-state index is -4.61. The van der Waals surface area contributed by atoms with Gasteiger partial charge in [0.15, 0.2) is 5.54 Å². The van der Waals surface area contributed by atoms with Crippen molar-refractivity contribution in [2.75, 3.05) is 6.54 Å². The van der Waals surface area contributed by atoms with Gasteiger partial charge in [0.05, 0.1) is 12.1 Å². The molecule has 3 heterocycles. The number of carbonyl (C=O) groups is 1. The summed E-state index contributed by atoms with van der Waals surface area (Å²) in [7, 11) is 0.